The molecular formula is C16H14F2N2O4. The number of nitrogens with one attached hydrogen (secondary N) is 2. The van der Waals surface area contributed by atoms with E-state index in [0.717, 1.165) is 12.1 Å². The van der Waals surface area contributed by atoms with Gasteiger partial charge in [0.25, 0.3) is 0 Å². The Morgan fingerprint density at radius 1 is 1.08 bits per heavy atom. The molecule has 0 aliphatic rings. The van der Waals surface area contributed by atoms with E-state index in [-0.39, 0.29) is 12.1 Å². The van der Waals surface area contributed by atoms with Gasteiger partial charge in [-0.25, -0.2) is 14.0 Å². The Kier molecular flexibility index (Phi) is 5.31. The van der Waals surface area contributed by atoms with Crippen LogP contribution in [0.3, 0.4) is 0 Å². The van der Waals surface area contributed by atoms with Gasteiger partial charge in [-0.15, -0.1) is 0 Å². The van der Waals surface area contributed by atoms with E-state index in [0.29, 0.717) is 5.56 Å². The van der Waals surface area contributed by atoms with E-state index in [9.17, 15) is 28.6 Å². The first-order valence-electron chi connectivity index (χ1n) is 6.89. The average Bonchev–Trinajstić information content (AvgIpc) is 2.56. The van der Waals surface area contributed by atoms with Crippen molar-refractivity contribution in [2.75, 3.05) is 5.32 Å². The zero-order chi connectivity index (χ0) is 17.7. The maximum Gasteiger partial charge on any atom is 0.326 e. The normalized spacial score (nSPS) is 11.6. The van der Waals surface area contributed by atoms with Gasteiger partial charge < -0.3 is 20.8 Å². The Morgan fingerprint density at radius 2 is 1.75 bits per heavy atom. The predicted molar refractivity (Wildman–Crippen MR) is 81.7 cm³/mol. The second kappa shape index (κ2) is 7.40. The smallest absolute Gasteiger partial charge is 0.326 e. The van der Waals surface area contributed by atoms with Crippen LogP contribution in [0.1, 0.15) is 5.56 Å². The molecule has 0 aromatic heterocycles. The maximum atomic E-state index is 13.2. The molecule has 1 unspecified atom stereocenters. The molecule has 2 rings (SSSR count). The summed E-state index contributed by atoms with van der Waals surface area (Å²) in [6, 6.07) is 8.11. The summed E-state index contributed by atoms with van der Waals surface area (Å²) in [7, 11) is 0. The van der Waals surface area contributed by atoms with Gasteiger partial charge in [0, 0.05) is 6.42 Å². The number of carbonyl (C=O) groups is 2. The highest BCUT2D eigenvalue weighted by Crippen LogP contribution is 2.27. The van der Waals surface area contributed by atoms with Crippen LogP contribution in [-0.4, -0.2) is 28.3 Å². The summed E-state index contributed by atoms with van der Waals surface area (Å²) in [4.78, 5) is 23.1. The van der Waals surface area contributed by atoms with Crippen LogP contribution >= 0.6 is 0 Å². The van der Waals surface area contributed by atoms with Crippen molar-refractivity contribution in [1.82, 2.24) is 5.32 Å². The molecule has 4 N–H and O–H groups in total. The molecule has 0 saturated heterocycles. The first-order valence-corrected chi connectivity index (χ1v) is 6.89. The topological polar surface area (TPSA) is 98.7 Å². The third-order valence-corrected chi connectivity index (χ3v) is 3.20. The summed E-state index contributed by atoms with van der Waals surface area (Å²) >= 11 is 0. The number of anilines is 1. The molecule has 0 bridgehead atoms. The lowest BCUT2D eigenvalue weighted by Gasteiger charge is -2.16. The van der Waals surface area contributed by atoms with Crippen molar-refractivity contribution in [2.24, 2.45) is 0 Å². The van der Waals surface area contributed by atoms with Crippen molar-refractivity contribution in [1.29, 1.82) is 0 Å². The van der Waals surface area contributed by atoms with Gasteiger partial charge in [-0.2, -0.15) is 4.39 Å². The largest absolute Gasteiger partial charge is 0.503 e. The standard InChI is InChI=1S/C16H14F2N2O4/c17-10-6-7-11(14(21)13(10)18)19-16(24)20-12(15(22)23)8-9-4-2-1-3-5-9/h1-7,12,21H,8H2,(H,22,23)(H2,19,20,24). The number of aromatic hydroxyl groups is 1. The van der Waals surface area contributed by atoms with Crippen LogP contribution in [0.15, 0.2) is 42.5 Å². The second-order valence-electron chi connectivity index (χ2n) is 4.94. The number of phenolic OH excluding ortho intramolecular Hbond substituents is 1. The Hall–Kier alpha value is -3.16. The number of amides is 2. The molecule has 0 radical (unpaired) electrons. The fourth-order valence-electron chi connectivity index (χ4n) is 2.01. The van der Waals surface area contributed by atoms with Crippen molar-refractivity contribution in [3.8, 4) is 5.75 Å². The summed E-state index contributed by atoms with van der Waals surface area (Å²) in [5, 5.41) is 22.9. The quantitative estimate of drug-likeness (QED) is 0.631. The van der Waals surface area contributed by atoms with Crippen molar-refractivity contribution >= 4 is 17.7 Å². The van der Waals surface area contributed by atoms with E-state index in [1.165, 1.54) is 0 Å². The average molecular weight is 336 g/mol. The number of benzene rings is 2. The second-order valence-corrected chi connectivity index (χ2v) is 4.94. The van der Waals surface area contributed by atoms with Crippen LogP contribution in [0.2, 0.25) is 0 Å². The molecule has 8 heteroatoms. The molecular weight excluding hydrogens is 322 g/mol. The van der Waals surface area contributed by atoms with Crippen molar-refractivity contribution in [2.45, 2.75) is 12.5 Å². The van der Waals surface area contributed by atoms with Gasteiger partial charge in [0.05, 0.1) is 5.69 Å². The van der Waals surface area contributed by atoms with E-state index < -0.39 is 35.4 Å². The molecule has 0 saturated carbocycles. The van der Waals surface area contributed by atoms with Crippen LogP contribution < -0.4 is 10.6 Å². The van der Waals surface area contributed by atoms with Gasteiger partial charge in [-0.3, -0.25) is 0 Å². The first kappa shape index (κ1) is 17.2. The number of urea groups is 1. The lowest BCUT2D eigenvalue weighted by Crippen LogP contribution is -2.44. The monoisotopic (exact) mass is 336 g/mol. The SMILES string of the molecule is O=C(Nc1ccc(F)c(F)c1O)NC(Cc1ccccc1)C(=O)O. The molecule has 1 atom stereocenters. The molecule has 0 fully saturated rings. The molecule has 0 aliphatic heterocycles. The highest BCUT2D eigenvalue weighted by molar-refractivity contribution is 5.93. The van der Waals surface area contributed by atoms with E-state index >= 15 is 0 Å². The lowest BCUT2D eigenvalue weighted by atomic mass is 10.1. The van der Waals surface area contributed by atoms with E-state index in [2.05, 4.69) is 10.6 Å². The van der Waals surface area contributed by atoms with Gasteiger partial charge in [-0.05, 0) is 17.7 Å². The summed E-state index contributed by atoms with van der Waals surface area (Å²) < 4.78 is 26.1. The third-order valence-electron chi connectivity index (χ3n) is 3.20. The number of carboxylic acids is 1. The molecule has 126 valence electrons. The van der Waals surface area contributed by atoms with E-state index in [1.54, 1.807) is 30.3 Å². The van der Waals surface area contributed by atoms with Crippen molar-refractivity contribution in [3.63, 3.8) is 0 Å². The summed E-state index contributed by atoms with van der Waals surface area (Å²) in [5.41, 5.74) is 0.316. The molecule has 6 nitrogen and oxygen atoms in total. The summed E-state index contributed by atoms with van der Waals surface area (Å²) in [6.45, 7) is 0. The highest BCUT2D eigenvalue weighted by atomic mass is 19.2. The molecule has 2 aromatic rings. The van der Waals surface area contributed by atoms with Crippen LogP contribution in [-0.2, 0) is 11.2 Å². The molecule has 0 aliphatic carbocycles. The fraction of sp³-hybridized carbons (Fsp3) is 0.125. The fourth-order valence-corrected chi connectivity index (χ4v) is 2.01. The number of phenols is 1. The van der Waals surface area contributed by atoms with Gasteiger partial charge in [-0.1, -0.05) is 30.3 Å². The molecule has 0 heterocycles. The van der Waals surface area contributed by atoms with Crippen molar-refractivity contribution in [3.05, 3.63) is 59.7 Å². The number of aliphatic carboxylic acids is 1. The first-order chi connectivity index (χ1) is 11.4. The minimum absolute atomic E-state index is 0.0351. The Balaban J connectivity index is 2.06. The minimum Gasteiger partial charge on any atom is -0.503 e. The number of carboxylic acid groups (broad SMARTS) is 1. The number of hydrogen-bond acceptors (Lipinski definition) is 3. The molecule has 2 aromatic carbocycles. The zero-order valence-electron chi connectivity index (χ0n) is 12.3. The summed E-state index contributed by atoms with van der Waals surface area (Å²) in [5.74, 6) is -5.11. The Labute approximate surface area is 135 Å². The third kappa shape index (κ3) is 4.19. The number of carbonyl (C=O) groups excluding carboxylic acids is 1. The van der Waals surface area contributed by atoms with Crippen LogP contribution in [0.25, 0.3) is 0 Å². The van der Waals surface area contributed by atoms with Crippen molar-refractivity contribution < 1.29 is 28.6 Å². The molecule has 0 spiro atoms. The minimum atomic E-state index is -1.51. The van der Waals surface area contributed by atoms with Crippen LogP contribution in [0.4, 0.5) is 19.3 Å². The van der Waals surface area contributed by atoms with E-state index in [4.69, 9.17) is 0 Å². The van der Waals surface area contributed by atoms with Gasteiger partial charge in [0.15, 0.2) is 11.6 Å². The van der Waals surface area contributed by atoms with Gasteiger partial charge in [0.2, 0.25) is 5.82 Å². The Bertz CT molecular complexity index is 753. The van der Waals surface area contributed by atoms with Gasteiger partial charge in [0.1, 0.15) is 6.04 Å². The zero-order valence-corrected chi connectivity index (χ0v) is 12.3. The number of hydrogen-bond donors (Lipinski definition) is 4. The predicted octanol–water partition coefficient (Wildman–Crippen LogP) is 2.49. The lowest BCUT2D eigenvalue weighted by molar-refractivity contribution is -0.139. The van der Waals surface area contributed by atoms with Gasteiger partial charge >= 0.3 is 12.0 Å². The van der Waals surface area contributed by atoms with E-state index in [1.807, 2.05) is 0 Å². The highest BCUT2D eigenvalue weighted by Gasteiger charge is 2.21. The Morgan fingerprint density at radius 3 is 2.38 bits per heavy atom. The molecule has 2 amide bonds. The van der Waals surface area contributed by atoms with Crippen LogP contribution in [0.5, 0.6) is 5.75 Å². The summed E-state index contributed by atoms with van der Waals surface area (Å²) in [6.07, 6.45) is 0.0351. The molecule has 24 heavy (non-hydrogen) atoms. The number of halogens is 2. The van der Waals surface area contributed by atoms with Crippen LogP contribution in [0, 0.1) is 11.6 Å². The maximum absolute atomic E-state index is 13.2. The number of rotatable bonds is 5.